The van der Waals surface area contributed by atoms with Gasteiger partial charge >= 0.3 is 0 Å². The lowest BCUT2D eigenvalue weighted by Crippen LogP contribution is -2.10. The van der Waals surface area contributed by atoms with Gasteiger partial charge in [-0.15, -0.1) is 12.4 Å². The van der Waals surface area contributed by atoms with Gasteiger partial charge in [-0.05, 0) is 0 Å². The van der Waals surface area contributed by atoms with Crippen LogP contribution in [0.25, 0.3) is 0 Å². The second-order valence-corrected chi connectivity index (χ2v) is 3.06. The van der Waals surface area contributed by atoms with E-state index in [0.717, 1.165) is 13.2 Å². The van der Waals surface area contributed by atoms with Crippen LogP contribution in [-0.4, -0.2) is 51.8 Å². The lowest BCUT2D eigenvalue weighted by Gasteiger charge is -2.02. The molecule has 0 aromatic heterocycles. The van der Waals surface area contributed by atoms with Crippen LogP contribution in [0, 0.1) is 0 Å². The normalized spacial score (nSPS) is 29.5. The Labute approximate surface area is 83.9 Å². The van der Waals surface area contributed by atoms with Crippen molar-refractivity contribution in [3.05, 3.63) is 0 Å². The summed E-state index contributed by atoms with van der Waals surface area (Å²) in [7, 11) is 0. The Hall–Kier alpha value is 0.130. The van der Waals surface area contributed by atoms with Crippen LogP contribution in [-0.2, 0) is 18.9 Å². The summed E-state index contributed by atoms with van der Waals surface area (Å²) in [4.78, 5) is 0. The van der Waals surface area contributed by atoms with Gasteiger partial charge in [0.2, 0.25) is 0 Å². The largest absolute Gasteiger partial charge is 0.376 e. The molecular formula is C8H15ClO4. The summed E-state index contributed by atoms with van der Waals surface area (Å²) < 4.78 is 20.5. The highest BCUT2D eigenvalue weighted by Crippen LogP contribution is 2.09. The van der Waals surface area contributed by atoms with Crippen molar-refractivity contribution in [2.24, 2.45) is 0 Å². The smallest absolute Gasteiger partial charge is 0.104 e. The third-order valence-electron chi connectivity index (χ3n) is 1.78. The van der Waals surface area contributed by atoms with E-state index in [0.29, 0.717) is 38.6 Å². The third-order valence-corrected chi connectivity index (χ3v) is 1.78. The average molecular weight is 211 g/mol. The molecule has 2 aliphatic heterocycles. The minimum absolute atomic E-state index is 0. The second-order valence-electron chi connectivity index (χ2n) is 3.06. The van der Waals surface area contributed by atoms with E-state index < -0.39 is 0 Å². The van der Waals surface area contributed by atoms with Crippen LogP contribution in [0.15, 0.2) is 0 Å². The Bertz CT molecular complexity index is 120. The summed E-state index contributed by atoms with van der Waals surface area (Å²) >= 11 is 0. The number of epoxide rings is 2. The van der Waals surface area contributed by atoms with E-state index in [1.54, 1.807) is 0 Å². The molecule has 0 N–H and O–H groups in total. The summed E-state index contributed by atoms with van der Waals surface area (Å²) in [6.07, 6.45) is 0.716. The maximum atomic E-state index is 5.27. The van der Waals surface area contributed by atoms with Gasteiger partial charge in [0, 0.05) is 0 Å². The Morgan fingerprint density at radius 2 is 1.31 bits per heavy atom. The minimum Gasteiger partial charge on any atom is -0.376 e. The van der Waals surface area contributed by atoms with Gasteiger partial charge in [0.05, 0.1) is 39.6 Å². The molecule has 0 aromatic carbocycles. The van der Waals surface area contributed by atoms with Crippen molar-refractivity contribution in [1.82, 2.24) is 0 Å². The summed E-state index contributed by atoms with van der Waals surface area (Å²) in [5.74, 6) is 0. The predicted molar refractivity (Wildman–Crippen MR) is 48.4 cm³/mol. The monoisotopic (exact) mass is 210 g/mol. The van der Waals surface area contributed by atoms with Crippen molar-refractivity contribution in [2.45, 2.75) is 12.2 Å². The summed E-state index contributed by atoms with van der Waals surface area (Å²) in [5, 5.41) is 0. The number of ether oxygens (including phenoxy) is 4. The molecule has 2 fully saturated rings. The molecule has 0 amide bonds. The number of halogens is 1. The fourth-order valence-electron chi connectivity index (χ4n) is 0.876. The van der Waals surface area contributed by atoms with Gasteiger partial charge < -0.3 is 18.9 Å². The molecule has 0 radical (unpaired) electrons. The zero-order valence-corrected chi connectivity index (χ0v) is 8.26. The van der Waals surface area contributed by atoms with E-state index >= 15 is 0 Å². The molecule has 13 heavy (non-hydrogen) atoms. The van der Waals surface area contributed by atoms with Gasteiger partial charge in [0.25, 0.3) is 0 Å². The lowest BCUT2D eigenvalue weighted by molar-refractivity contribution is 0.0366. The second kappa shape index (κ2) is 5.78. The Balaban J connectivity index is 0.000000845. The Morgan fingerprint density at radius 3 is 1.62 bits per heavy atom. The molecule has 78 valence electrons. The van der Waals surface area contributed by atoms with Gasteiger partial charge in [0.15, 0.2) is 0 Å². The number of rotatable bonds is 7. The van der Waals surface area contributed by atoms with Crippen molar-refractivity contribution in [3.8, 4) is 0 Å². The highest BCUT2D eigenvalue weighted by atomic mass is 35.5. The van der Waals surface area contributed by atoms with Gasteiger partial charge in [0.1, 0.15) is 12.2 Å². The molecule has 2 atom stereocenters. The van der Waals surface area contributed by atoms with Gasteiger partial charge in [-0.25, -0.2) is 0 Å². The van der Waals surface area contributed by atoms with Crippen LogP contribution in [0.4, 0.5) is 0 Å². The first-order valence-corrected chi connectivity index (χ1v) is 4.34. The maximum absolute atomic E-state index is 5.27. The molecule has 0 aliphatic carbocycles. The van der Waals surface area contributed by atoms with Crippen LogP contribution in [0.3, 0.4) is 0 Å². The molecule has 2 rings (SSSR count). The molecule has 0 bridgehead atoms. The molecule has 2 heterocycles. The molecule has 0 spiro atoms. The first-order chi connectivity index (χ1) is 5.95. The van der Waals surface area contributed by atoms with Crippen LogP contribution < -0.4 is 0 Å². The average Bonchev–Trinajstić information content (AvgIpc) is 2.89. The SMILES string of the molecule is C(COCC1CO1)OCC1CO1.Cl. The molecule has 2 aliphatic rings. The van der Waals surface area contributed by atoms with Crippen molar-refractivity contribution >= 4 is 12.4 Å². The van der Waals surface area contributed by atoms with Crippen molar-refractivity contribution in [1.29, 1.82) is 0 Å². The van der Waals surface area contributed by atoms with Gasteiger partial charge in [-0.2, -0.15) is 0 Å². The standard InChI is InChI=1S/C8H14O4.ClH/c1(9-3-7-5-11-7)2-10-4-8-6-12-8;/h7-8H,1-6H2;1H. The fraction of sp³-hybridized carbons (Fsp3) is 1.00. The summed E-state index contributed by atoms with van der Waals surface area (Å²) in [5.41, 5.74) is 0. The fourth-order valence-corrected chi connectivity index (χ4v) is 0.876. The number of hydrogen-bond donors (Lipinski definition) is 0. The van der Waals surface area contributed by atoms with Crippen LogP contribution in [0.1, 0.15) is 0 Å². The summed E-state index contributed by atoms with van der Waals surface area (Å²) in [6.45, 7) is 4.46. The molecule has 5 heteroatoms. The Kier molecular flexibility index (Phi) is 4.98. The maximum Gasteiger partial charge on any atom is 0.104 e. The molecular weight excluding hydrogens is 196 g/mol. The molecule has 0 aromatic rings. The quantitative estimate of drug-likeness (QED) is 0.446. The van der Waals surface area contributed by atoms with E-state index in [1.807, 2.05) is 0 Å². The molecule has 2 unspecified atom stereocenters. The van der Waals surface area contributed by atoms with Crippen molar-refractivity contribution < 1.29 is 18.9 Å². The first kappa shape index (κ1) is 11.2. The molecule has 2 saturated heterocycles. The van der Waals surface area contributed by atoms with Gasteiger partial charge in [-0.3, -0.25) is 0 Å². The van der Waals surface area contributed by atoms with Crippen LogP contribution >= 0.6 is 12.4 Å². The third kappa shape index (κ3) is 5.44. The van der Waals surface area contributed by atoms with E-state index in [9.17, 15) is 0 Å². The van der Waals surface area contributed by atoms with E-state index in [-0.39, 0.29) is 12.4 Å². The highest BCUT2D eigenvalue weighted by molar-refractivity contribution is 5.85. The van der Waals surface area contributed by atoms with Crippen LogP contribution in [0.5, 0.6) is 0 Å². The van der Waals surface area contributed by atoms with Crippen molar-refractivity contribution in [2.75, 3.05) is 39.6 Å². The van der Waals surface area contributed by atoms with E-state index in [1.165, 1.54) is 0 Å². The number of hydrogen-bond acceptors (Lipinski definition) is 4. The Morgan fingerprint density at radius 1 is 0.923 bits per heavy atom. The topological polar surface area (TPSA) is 43.5 Å². The highest BCUT2D eigenvalue weighted by Gasteiger charge is 2.23. The van der Waals surface area contributed by atoms with E-state index in [4.69, 9.17) is 18.9 Å². The minimum atomic E-state index is 0. The van der Waals surface area contributed by atoms with E-state index in [2.05, 4.69) is 0 Å². The van der Waals surface area contributed by atoms with Crippen molar-refractivity contribution in [3.63, 3.8) is 0 Å². The predicted octanol–water partition coefficient (Wildman–Crippen LogP) is 0.239. The zero-order chi connectivity index (χ0) is 8.23. The van der Waals surface area contributed by atoms with Gasteiger partial charge in [-0.1, -0.05) is 0 Å². The van der Waals surface area contributed by atoms with Crippen LogP contribution in [0.2, 0.25) is 0 Å². The lowest BCUT2D eigenvalue weighted by atomic mass is 10.5. The first-order valence-electron chi connectivity index (χ1n) is 4.34. The zero-order valence-electron chi connectivity index (χ0n) is 7.44. The summed E-state index contributed by atoms with van der Waals surface area (Å²) in [6, 6.07) is 0. The molecule has 4 nitrogen and oxygen atoms in total. The molecule has 0 saturated carbocycles.